The number of nitrogens with one attached hydrogen (secondary N) is 1. The summed E-state index contributed by atoms with van der Waals surface area (Å²) in [7, 11) is 0. The second-order valence-electron chi connectivity index (χ2n) is 7.86. The highest BCUT2D eigenvalue weighted by Crippen LogP contribution is 2.32. The fraction of sp³-hybridized carbons (Fsp3) is 1.00. The molecule has 19 heavy (non-hydrogen) atoms. The second kappa shape index (κ2) is 6.58. The predicted octanol–water partition coefficient (Wildman–Crippen LogP) is 3.67. The minimum Gasteiger partial charge on any atom is -0.312 e. The van der Waals surface area contributed by atoms with Crippen LogP contribution in [0.4, 0.5) is 0 Å². The average Bonchev–Trinajstić information content (AvgIpc) is 2.84. The summed E-state index contributed by atoms with van der Waals surface area (Å²) in [5.41, 5.74) is 0.270. The van der Waals surface area contributed by atoms with Gasteiger partial charge in [-0.25, -0.2) is 0 Å². The fourth-order valence-electron chi connectivity index (χ4n) is 3.73. The lowest BCUT2D eigenvalue weighted by molar-refractivity contribution is 0.157. The van der Waals surface area contributed by atoms with E-state index in [1.54, 1.807) is 0 Å². The van der Waals surface area contributed by atoms with Gasteiger partial charge in [0, 0.05) is 18.1 Å². The van der Waals surface area contributed by atoms with E-state index in [1.165, 1.54) is 58.2 Å². The van der Waals surface area contributed by atoms with Crippen LogP contribution >= 0.6 is 0 Å². The second-order valence-corrected chi connectivity index (χ2v) is 7.86. The summed E-state index contributed by atoms with van der Waals surface area (Å²) in [6, 6.07) is 0.905. The van der Waals surface area contributed by atoms with Crippen molar-refractivity contribution in [2.24, 2.45) is 11.8 Å². The van der Waals surface area contributed by atoms with E-state index in [-0.39, 0.29) is 5.54 Å². The Bertz CT molecular complexity index is 261. The third kappa shape index (κ3) is 4.75. The van der Waals surface area contributed by atoms with Gasteiger partial charge in [-0.05, 0) is 77.8 Å². The molecule has 1 N–H and O–H groups in total. The number of rotatable bonds is 4. The lowest BCUT2D eigenvalue weighted by Gasteiger charge is -2.34. The van der Waals surface area contributed by atoms with E-state index in [9.17, 15) is 0 Å². The van der Waals surface area contributed by atoms with Crippen LogP contribution in [0.5, 0.6) is 0 Å². The van der Waals surface area contributed by atoms with E-state index in [0.717, 1.165) is 17.9 Å². The first-order valence-electron chi connectivity index (χ1n) is 8.47. The van der Waals surface area contributed by atoms with Gasteiger partial charge in [-0.2, -0.15) is 0 Å². The summed E-state index contributed by atoms with van der Waals surface area (Å²) in [6.07, 6.45) is 8.66. The highest BCUT2D eigenvalue weighted by molar-refractivity contribution is 4.86. The topological polar surface area (TPSA) is 15.3 Å². The first-order valence-corrected chi connectivity index (χ1v) is 8.47. The van der Waals surface area contributed by atoms with Crippen LogP contribution in [0.1, 0.15) is 66.2 Å². The molecular weight excluding hydrogens is 232 g/mol. The summed E-state index contributed by atoms with van der Waals surface area (Å²) in [5.74, 6) is 1.90. The van der Waals surface area contributed by atoms with Gasteiger partial charge in [0.05, 0.1) is 0 Å². The van der Waals surface area contributed by atoms with Crippen molar-refractivity contribution >= 4 is 0 Å². The molecule has 0 bridgehead atoms. The van der Waals surface area contributed by atoms with Gasteiger partial charge in [0.2, 0.25) is 0 Å². The molecule has 0 aromatic rings. The summed E-state index contributed by atoms with van der Waals surface area (Å²) < 4.78 is 0. The largest absolute Gasteiger partial charge is 0.312 e. The summed E-state index contributed by atoms with van der Waals surface area (Å²) >= 11 is 0. The van der Waals surface area contributed by atoms with Crippen molar-refractivity contribution in [2.75, 3.05) is 19.6 Å². The van der Waals surface area contributed by atoms with Crippen LogP contribution in [-0.2, 0) is 0 Å². The van der Waals surface area contributed by atoms with Crippen LogP contribution in [0, 0.1) is 11.8 Å². The number of hydrogen-bond donors (Lipinski definition) is 1. The molecule has 1 aliphatic heterocycles. The zero-order valence-electron chi connectivity index (χ0n) is 13.5. The summed E-state index contributed by atoms with van der Waals surface area (Å²) in [4.78, 5) is 2.79. The number of likely N-dealkylation sites (tertiary alicyclic amines) is 1. The molecule has 1 saturated heterocycles. The molecule has 0 spiro atoms. The fourth-order valence-corrected chi connectivity index (χ4v) is 3.73. The van der Waals surface area contributed by atoms with Crippen LogP contribution in [0.25, 0.3) is 0 Å². The normalized spacial score (nSPS) is 33.8. The molecule has 2 heteroatoms. The molecule has 1 atom stereocenters. The predicted molar refractivity (Wildman–Crippen MR) is 83.5 cm³/mol. The molecule has 0 aromatic heterocycles. The number of nitrogens with zero attached hydrogens (tertiary/aromatic N) is 1. The van der Waals surface area contributed by atoms with Crippen molar-refractivity contribution in [3.05, 3.63) is 0 Å². The highest BCUT2D eigenvalue weighted by Gasteiger charge is 2.31. The van der Waals surface area contributed by atoms with E-state index in [0.29, 0.717) is 0 Å². The van der Waals surface area contributed by atoms with E-state index in [4.69, 9.17) is 0 Å². The molecule has 112 valence electrons. The maximum absolute atomic E-state index is 3.68. The third-order valence-corrected chi connectivity index (χ3v) is 5.15. The van der Waals surface area contributed by atoms with Crippen LogP contribution in [0.3, 0.4) is 0 Å². The zero-order valence-corrected chi connectivity index (χ0v) is 13.5. The van der Waals surface area contributed by atoms with Crippen molar-refractivity contribution in [2.45, 2.75) is 77.8 Å². The number of hydrogen-bond acceptors (Lipinski definition) is 2. The Hall–Kier alpha value is -0.0800. The minimum atomic E-state index is 0.270. The van der Waals surface area contributed by atoms with Crippen LogP contribution < -0.4 is 5.32 Å². The molecule has 1 unspecified atom stereocenters. The maximum Gasteiger partial charge on any atom is 0.00966 e. The van der Waals surface area contributed by atoms with Crippen molar-refractivity contribution in [1.29, 1.82) is 0 Å². The first kappa shape index (κ1) is 15.3. The molecule has 1 saturated carbocycles. The Morgan fingerprint density at radius 1 is 1.00 bits per heavy atom. The van der Waals surface area contributed by atoms with Gasteiger partial charge >= 0.3 is 0 Å². The molecule has 2 nitrogen and oxygen atoms in total. The van der Waals surface area contributed by atoms with Gasteiger partial charge in [0.25, 0.3) is 0 Å². The minimum absolute atomic E-state index is 0.270. The van der Waals surface area contributed by atoms with Gasteiger partial charge < -0.3 is 10.2 Å². The Morgan fingerprint density at radius 3 is 2.26 bits per heavy atom. The quantitative estimate of drug-likeness (QED) is 0.835. The molecule has 2 aliphatic rings. The molecular formula is C17H34N2. The molecule has 2 rings (SSSR count). The van der Waals surface area contributed by atoms with Gasteiger partial charge in [0.1, 0.15) is 0 Å². The van der Waals surface area contributed by atoms with Gasteiger partial charge in [-0.15, -0.1) is 0 Å². The Balaban J connectivity index is 1.70. The molecule has 1 aliphatic carbocycles. The summed E-state index contributed by atoms with van der Waals surface area (Å²) in [6.45, 7) is 13.0. The Morgan fingerprint density at radius 2 is 1.68 bits per heavy atom. The van der Waals surface area contributed by atoms with Gasteiger partial charge in [-0.3, -0.25) is 0 Å². The molecule has 0 aromatic carbocycles. The zero-order chi connectivity index (χ0) is 13.9. The van der Waals surface area contributed by atoms with E-state index in [2.05, 4.69) is 37.9 Å². The Kier molecular flexibility index (Phi) is 5.30. The van der Waals surface area contributed by atoms with Gasteiger partial charge in [0.15, 0.2) is 0 Å². The Labute approximate surface area is 120 Å². The van der Waals surface area contributed by atoms with Gasteiger partial charge in [-0.1, -0.05) is 13.3 Å². The maximum atomic E-state index is 3.68. The van der Waals surface area contributed by atoms with Crippen LogP contribution in [0.15, 0.2) is 0 Å². The lowest BCUT2D eigenvalue weighted by atomic mass is 9.84. The summed E-state index contributed by atoms with van der Waals surface area (Å²) in [5, 5.41) is 3.68. The van der Waals surface area contributed by atoms with E-state index < -0.39 is 0 Å². The van der Waals surface area contributed by atoms with Crippen molar-refractivity contribution < 1.29 is 0 Å². The highest BCUT2D eigenvalue weighted by atomic mass is 15.2. The van der Waals surface area contributed by atoms with E-state index >= 15 is 0 Å². The molecule has 1 heterocycles. The third-order valence-electron chi connectivity index (χ3n) is 5.15. The monoisotopic (exact) mass is 266 g/mol. The smallest absolute Gasteiger partial charge is 0.00966 e. The molecule has 0 amide bonds. The van der Waals surface area contributed by atoms with Crippen molar-refractivity contribution in [1.82, 2.24) is 10.2 Å². The first-order chi connectivity index (χ1) is 8.98. The molecule has 2 fully saturated rings. The van der Waals surface area contributed by atoms with E-state index in [1.807, 2.05) is 0 Å². The van der Waals surface area contributed by atoms with Crippen molar-refractivity contribution in [3.8, 4) is 0 Å². The SMILES string of the molecule is CCC1CCC(N2CCC(CNC(C)(C)C)C2)CC1. The molecule has 0 radical (unpaired) electrons. The van der Waals surface area contributed by atoms with Crippen molar-refractivity contribution in [3.63, 3.8) is 0 Å². The standard InChI is InChI=1S/C17H34N2/c1-5-14-6-8-16(9-7-14)19-11-10-15(13-19)12-18-17(2,3)4/h14-16,18H,5-13H2,1-4H3. The average molecular weight is 266 g/mol. The van der Waals surface area contributed by atoms with Crippen LogP contribution in [-0.4, -0.2) is 36.1 Å². The lowest BCUT2D eigenvalue weighted by Crippen LogP contribution is -2.41. The van der Waals surface area contributed by atoms with Crippen LogP contribution in [0.2, 0.25) is 0 Å².